The zero-order chi connectivity index (χ0) is 20.7. The van der Waals surface area contributed by atoms with Crippen molar-refractivity contribution in [2.24, 2.45) is 11.7 Å². The van der Waals surface area contributed by atoms with E-state index in [4.69, 9.17) is 10.5 Å². The Morgan fingerprint density at radius 2 is 1.96 bits per heavy atom. The Hall–Kier alpha value is -2.55. The molecule has 8 nitrogen and oxygen atoms in total. The van der Waals surface area contributed by atoms with Crippen LogP contribution in [0.5, 0.6) is 0 Å². The second-order valence-electron chi connectivity index (χ2n) is 6.73. The van der Waals surface area contributed by atoms with Gasteiger partial charge in [0.2, 0.25) is 11.8 Å². The first-order valence-electron chi connectivity index (χ1n) is 8.95. The van der Waals surface area contributed by atoms with Crippen LogP contribution in [0.25, 0.3) is 0 Å². The highest BCUT2D eigenvalue weighted by Crippen LogP contribution is 2.24. The number of amides is 3. The molecule has 1 saturated heterocycles. The van der Waals surface area contributed by atoms with Gasteiger partial charge in [-0.05, 0) is 25.0 Å². The lowest BCUT2D eigenvalue weighted by molar-refractivity contribution is -0.138. The summed E-state index contributed by atoms with van der Waals surface area (Å²) in [4.78, 5) is 51.4. The third-order valence-corrected chi connectivity index (χ3v) is 5.52. The van der Waals surface area contributed by atoms with E-state index >= 15 is 0 Å². The van der Waals surface area contributed by atoms with E-state index in [0.29, 0.717) is 29.8 Å². The van der Waals surface area contributed by atoms with Crippen molar-refractivity contribution in [2.45, 2.75) is 17.7 Å². The predicted molar refractivity (Wildman–Crippen MR) is 105 cm³/mol. The van der Waals surface area contributed by atoms with Gasteiger partial charge in [0.15, 0.2) is 6.61 Å². The van der Waals surface area contributed by atoms with Gasteiger partial charge in [0.1, 0.15) is 0 Å². The molecule has 1 heterocycles. The third kappa shape index (κ3) is 5.98. The lowest BCUT2D eigenvalue weighted by atomic mass is 9.97. The summed E-state index contributed by atoms with van der Waals surface area (Å²) in [6.07, 6.45) is 1.35. The molecule has 1 atom stereocenters. The van der Waals surface area contributed by atoms with Gasteiger partial charge in [0.05, 0.1) is 17.2 Å². The number of rotatable bonds is 7. The quantitative estimate of drug-likeness (QED) is 0.528. The van der Waals surface area contributed by atoms with E-state index in [-0.39, 0.29) is 30.0 Å². The van der Waals surface area contributed by atoms with Gasteiger partial charge in [0.25, 0.3) is 5.91 Å². The summed E-state index contributed by atoms with van der Waals surface area (Å²) in [6.45, 7) is 0.365. The van der Waals surface area contributed by atoms with Gasteiger partial charge in [-0.25, -0.2) is 4.79 Å². The van der Waals surface area contributed by atoms with Crippen LogP contribution in [-0.2, 0) is 19.1 Å². The number of nitrogens with zero attached hydrogens (tertiary/aromatic N) is 2. The number of thioether (sulfide) groups is 1. The number of benzene rings is 1. The average Bonchev–Trinajstić information content (AvgIpc) is 2.70. The van der Waals surface area contributed by atoms with Crippen LogP contribution in [0.15, 0.2) is 29.2 Å². The van der Waals surface area contributed by atoms with Crippen LogP contribution in [0.3, 0.4) is 0 Å². The molecule has 0 radical (unpaired) electrons. The molecular weight excluding hydrogens is 382 g/mol. The molecule has 1 aromatic carbocycles. The number of esters is 1. The normalized spacial score (nSPS) is 16.4. The highest BCUT2D eigenvalue weighted by atomic mass is 32.2. The lowest BCUT2D eigenvalue weighted by Gasteiger charge is -2.31. The topological polar surface area (TPSA) is 110 Å². The second-order valence-corrected chi connectivity index (χ2v) is 7.75. The maximum Gasteiger partial charge on any atom is 0.339 e. The number of hydrogen-bond acceptors (Lipinski definition) is 6. The van der Waals surface area contributed by atoms with Gasteiger partial charge in [-0.1, -0.05) is 12.1 Å². The van der Waals surface area contributed by atoms with Gasteiger partial charge in [-0.15, -0.1) is 11.8 Å². The van der Waals surface area contributed by atoms with Crippen molar-refractivity contribution in [2.75, 3.05) is 39.5 Å². The van der Waals surface area contributed by atoms with E-state index < -0.39 is 18.5 Å². The number of carbonyl (C=O) groups excluding carboxylic acids is 4. The van der Waals surface area contributed by atoms with Gasteiger partial charge < -0.3 is 20.3 Å². The number of piperidine rings is 1. The fourth-order valence-corrected chi connectivity index (χ4v) is 3.78. The summed E-state index contributed by atoms with van der Waals surface area (Å²) in [5.41, 5.74) is 5.63. The Balaban J connectivity index is 1.93. The minimum absolute atomic E-state index is 0.0718. The fourth-order valence-electron chi connectivity index (χ4n) is 2.76. The monoisotopic (exact) mass is 407 g/mol. The maximum atomic E-state index is 12.4. The van der Waals surface area contributed by atoms with Crippen LogP contribution < -0.4 is 5.73 Å². The first-order valence-corrected chi connectivity index (χ1v) is 9.94. The van der Waals surface area contributed by atoms with Crippen molar-refractivity contribution < 1.29 is 23.9 Å². The number of likely N-dealkylation sites (tertiary alicyclic amines) is 1. The molecule has 2 rings (SSSR count). The number of nitrogens with two attached hydrogens (primary N) is 1. The van der Waals surface area contributed by atoms with Crippen molar-refractivity contribution in [3.05, 3.63) is 29.8 Å². The smallest absolute Gasteiger partial charge is 0.339 e. The zero-order valence-corrected chi connectivity index (χ0v) is 16.9. The molecule has 152 valence electrons. The van der Waals surface area contributed by atoms with Crippen LogP contribution in [0.1, 0.15) is 23.2 Å². The zero-order valence-electron chi connectivity index (χ0n) is 16.1. The Kier molecular flexibility index (Phi) is 7.86. The summed E-state index contributed by atoms with van der Waals surface area (Å²) in [7, 11) is 3.33. The van der Waals surface area contributed by atoms with Crippen molar-refractivity contribution in [3.63, 3.8) is 0 Å². The van der Waals surface area contributed by atoms with E-state index in [2.05, 4.69) is 0 Å². The van der Waals surface area contributed by atoms with Crippen LogP contribution in [0, 0.1) is 5.92 Å². The molecule has 0 aromatic heterocycles. The highest BCUT2D eigenvalue weighted by molar-refractivity contribution is 8.00. The largest absolute Gasteiger partial charge is 0.452 e. The first kappa shape index (κ1) is 21.7. The fraction of sp³-hybridized carbons (Fsp3) is 0.474. The molecule has 9 heteroatoms. The van der Waals surface area contributed by atoms with Gasteiger partial charge in [-0.3, -0.25) is 14.4 Å². The molecule has 1 aromatic rings. The van der Waals surface area contributed by atoms with Crippen molar-refractivity contribution >= 4 is 35.5 Å². The molecule has 1 aliphatic rings. The molecule has 0 saturated carbocycles. The summed E-state index contributed by atoms with van der Waals surface area (Å²) in [6, 6.07) is 6.79. The average molecular weight is 407 g/mol. The van der Waals surface area contributed by atoms with Crippen LogP contribution in [0.4, 0.5) is 0 Å². The molecule has 28 heavy (non-hydrogen) atoms. The standard InChI is InChI=1S/C19H25N3O5S/c1-21(2)17(24)12-28-15-8-4-3-7-14(15)19(26)27-11-16(23)22-9-5-6-13(10-22)18(20)25/h3-4,7-8,13H,5-6,9-12H2,1-2H3,(H2,20,25)/t13-/m0/s1. The lowest BCUT2D eigenvalue weighted by Crippen LogP contribution is -2.45. The number of ether oxygens (including phenoxy) is 1. The van der Waals surface area contributed by atoms with Gasteiger partial charge >= 0.3 is 5.97 Å². The molecule has 0 bridgehead atoms. The summed E-state index contributed by atoms with van der Waals surface area (Å²) in [5, 5.41) is 0. The van der Waals surface area contributed by atoms with Crippen molar-refractivity contribution in [3.8, 4) is 0 Å². The molecule has 2 N–H and O–H groups in total. The number of primary amides is 1. The molecule has 0 unspecified atom stereocenters. The number of hydrogen-bond donors (Lipinski definition) is 1. The third-order valence-electron chi connectivity index (χ3n) is 4.46. The Morgan fingerprint density at radius 1 is 1.25 bits per heavy atom. The molecular formula is C19H25N3O5S. The molecule has 0 spiro atoms. The molecule has 3 amide bonds. The second kappa shape index (κ2) is 10.1. The summed E-state index contributed by atoms with van der Waals surface area (Å²) < 4.78 is 5.18. The Bertz CT molecular complexity index is 753. The minimum atomic E-state index is -0.628. The van der Waals surface area contributed by atoms with Gasteiger partial charge in [-0.2, -0.15) is 0 Å². The minimum Gasteiger partial charge on any atom is -0.452 e. The predicted octanol–water partition coefficient (Wildman–Crippen LogP) is 0.748. The van der Waals surface area contributed by atoms with Crippen molar-refractivity contribution in [1.82, 2.24) is 9.80 Å². The molecule has 1 fully saturated rings. The Labute approximate surface area is 168 Å². The number of carbonyl (C=O) groups is 4. The van der Waals surface area contributed by atoms with E-state index in [1.54, 1.807) is 38.4 Å². The SMILES string of the molecule is CN(C)C(=O)CSc1ccccc1C(=O)OCC(=O)N1CCC[C@H](C(N)=O)C1. The van der Waals surface area contributed by atoms with E-state index in [1.807, 2.05) is 0 Å². The van der Waals surface area contributed by atoms with Gasteiger partial charge in [0, 0.05) is 32.1 Å². The van der Waals surface area contributed by atoms with E-state index in [0.717, 1.165) is 0 Å². The van der Waals surface area contributed by atoms with Crippen molar-refractivity contribution in [1.29, 1.82) is 0 Å². The van der Waals surface area contributed by atoms with E-state index in [1.165, 1.54) is 21.6 Å². The van der Waals surface area contributed by atoms with Crippen LogP contribution in [-0.4, -0.2) is 73.0 Å². The highest BCUT2D eigenvalue weighted by Gasteiger charge is 2.27. The van der Waals surface area contributed by atoms with E-state index in [9.17, 15) is 19.2 Å². The Morgan fingerprint density at radius 3 is 2.64 bits per heavy atom. The summed E-state index contributed by atoms with van der Waals surface area (Å²) in [5.74, 6) is -1.65. The molecule has 0 aliphatic carbocycles. The molecule has 1 aliphatic heterocycles. The van der Waals surface area contributed by atoms with Crippen LogP contribution >= 0.6 is 11.8 Å². The summed E-state index contributed by atoms with van der Waals surface area (Å²) >= 11 is 1.24. The van der Waals surface area contributed by atoms with Crippen LogP contribution in [0.2, 0.25) is 0 Å². The maximum absolute atomic E-state index is 12.4. The first-order chi connectivity index (χ1) is 13.3.